The number of allylic oxidation sites excluding steroid dienone is 2. The minimum atomic E-state index is 0.822. The van der Waals surface area contributed by atoms with Crippen LogP contribution in [0.15, 0.2) is 61.2 Å². The van der Waals surface area contributed by atoms with Crippen LogP contribution in [0.4, 0.5) is 5.82 Å². The molecule has 1 saturated heterocycles. The van der Waals surface area contributed by atoms with Crippen LogP contribution in [0, 0.1) is 6.92 Å². The molecule has 0 bridgehead atoms. The van der Waals surface area contributed by atoms with Crippen LogP contribution in [0.25, 0.3) is 11.4 Å². The number of likely N-dealkylation sites (tertiary alicyclic amines) is 1. The van der Waals surface area contributed by atoms with Gasteiger partial charge in [0.1, 0.15) is 5.82 Å². The smallest absolute Gasteiger partial charge is 0.161 e. The summed E-state index contributed by atoms with van der Waals surface area (Å²) >= 11 is 0. The van der Waals surface area contributed by atoms with Gasteiger partial charge < -0.3 is 10.2 Å². The van der Waals surface area contributed by atoms with Crippen molar-refractivity contribution in [3.8, 4) is 11.4 Å². The third-order valence-corrected chi connectivity index (χ3v) is 6.59. The summed E-state index contributed by atoms with van der Waals surface area (Å²) in [5.74, 6) is 1.82. The lowest BCUT2D eigenvalue weighted by Crippen LogP contribution is -2.33. The Bertz CT molecular complexity index is 986. The first kappa shape index (κ1) is 23.4. The average molecular weight is 444 g/mol. The molecule has 0 aliphatic carbocycles. The molecule has 1 fully saturated rings. The van der Waals surface area contributed by atoms with Crippen molar-refractivity contribution in [2.75, 3.05) is 44.6 Å². The lowest BCUT2D eigenvalue weighted by Gasteiger charge is -2.30. The summed E-state index contributed by atoms with van der Waals surface area (Å²) in [5, 5.41) is 3.68. The summed E-state index contributed by atoms with van der Waals surface area (Å²) in [4.78, 5) is 15.0. The fourth-order valence-corrected chi connectivity index (χ4v) is 4.69. The molecule has 0 amide bonds. The first-order valence-corrected chi connectivity index (χ1v) is 12.3. The molecule has 5 heteroatoms. The third-order valence-electron chi connectivity index (χ3n) is 6.59. The molecule has 2 aliphatic rings. The van der Waals surface area contributed by atoms with Crippen LogP contribution in [0.2, 0.25) is 0 Å². The van der Waals surface area contributed by atoms with E-state index in [4.69, 9.17) is 9.97 Å². The van der Waals surface area contributed by atoms with Gasteiger partial charge in [0, 0.05) is 43.7 Å². The van der Waals surface area contributed by atoms with E-state index in [0.29, 0.717) is 0 Å². The molecule has 2 aliphatic heterocycles. The predicted molar refractivity (Wildman–Crippen MR) is 138 cm³/mol. The molecule has 0 unspecified atom stereocenters. The normalized spacial score (nSPS) is 17.1. The number of hydrogen-bond acceptors (Lipinski definition) is 5. The molecule has 0 radical (unpaired) electrons. The Hall–Kier alpha value is -2.76. The van der Waals surface area contributed by atoms with Gasteiger partial charge in [-0.25, -0.2) is 9.97 Å². The van der Waals surface area contributed by atoms with Crippen LogP contribution in [0.1, 0.15) is 36.1 Å². The van der Waals surface area contributed by atoms with Crippen molar-refractivity contribution in [3.05, 3.63) is 78.0 Å². The number of fused-ring (bicyclic) bond motifs is 1. The van der Waals surface area contributed by atoms with Crippen LogP contribution in [-0.4, -0.2) is 59.0 Å². The number of aromatic nitrogens is 2. The first-order valence-electron chi connectivity index (χ1n) is 12.3. The van der Waals surface area contributed by atoms with Crippen LogP contribution in [0.3, 0.4) is 0 Å². The first-order chi connectivity index (χ1) is 16.2. The Balaban J connectivity index is 1.53. The van der Waals surface area contributed by atoms with Gasteiger partial charge in [-0.2, -0.15) is 0 Å². The second kappa shape index (κ2) is 11.4. The van der Waals surface area contributed by atoms with Crippen molar-refractivity contribution >= 4 is 5.82 Å². The van der Waals surface area contributed by atoms with E-state index in [9.17, 15) is 0 Å². The summed E-state index contributed by atoms with van der Waals surface area (Å²) in [5.41, 5.74) is 5.92. The fourth-order valence-electron chi connectivity index (χ4n) is 4.69. The molecule has 1 N–H and O–H groups in total. The summed E-state index contributed by atoms with van der Waals surface area (Å²) in [6.45, 7) is 17.2. The highest BCUT2D eigenvalue weighted by Gasteiger charge is 2.23. The zero-order valence-electron chi connectivity index (χ0n) is 20.0. The summed E-state index contributed by atoms with van der Waals surface area (Å²) in [6, 6.07) is 8.51. The topological polar surface area (TPSA) is 44.3 Å². The van der Waals surface area contributed by atoms with Crippen molar-refractivity contribution in [2.24, 2.45) is 0 Å². The molecule has 4 rings (SSSR count). The molecule has 174 valence electrons. The quantitative estimate of drug-likeness (QED) is 0.413. The van der Waals surface area contributed by atoms with Crippen molar-refractivity contribution in [3.63, 3.8) is 0 Å². The molecule has 3 heterocycles. The van der Waals surface area contributed by atoms with Gasteiger partial charge in [-0.1, -0.05) is 61.2 Å². The Morgan fingerprint density at radius 2 is 1.85 bits per heavy atom. The number of rotatable bonds is 10. The average Bonchev–Trinajstić information content (AvgIpc) is 3.35. The maximum atomic E-state index is 5.01. The number of nitrogens with zero attached hydrogens (tertiary/aromatic N) is 4. The van der Waals surface area contributed by atoms with Gasteiger partial charge in [0.25, 0.3) is 0 Å². The largest absolute Gasteiger partial charge is 0.370 e. The highest BCUT2D eigenvalue weighted by molar-refractivity contribution is 5.60. The molecule has 0 atom stereocenters. The fraction of sp³-hybridized carbons (Fsp3) is 0.429. The van der Waals surface area contributed by atoms with Crippen LogP contribution in [-0.2, 0) is 13.0 Å². The Morgan fingerprint density at radius 3 is 2.58 bits per heavy atom. The van der Waals surface area contributed by atoms with E-state index in [-0.39, 0.29) is 0 Å². The Labute approximate surface area is 198 Å². The van der Waals surface area contributed by atoms with Gasteiger partial charge in [-0.05, 0) is 51.4 Å². The number of hydrogen-bond donors (Lipinski definition) is 1. The molecular weight excluding hydrogens is 406 g/mol. The van der Waals surface area contributed by atoms with Gasteiger partial charge >= 0.3 is 0 Å². The molecule has 2 aromatic rings. The molecule has 33 heavy (non-hydrogen) atoms. The van der Waals surface area contributed by atoms with Crippen LogP contribution >= 0.6 is 0 Å². The lowest BCUT2D eigenvalue weighted by atomic mass is 10.0. The standard InChI is InChI=1S/C28H37N5/c1-4-9-23(5-2)20-33-19-14-26-25(21-33)28(29-15-8-18-32-16-6-7-17-32)31-27(30-26)24-12-10-22(3)11-13-24/h4-5,9-13H,1-2,6-8,14-21H2,3H3,(H,29,30,31)/b23-9+. The third kappa shape index (κ3) is 6.18. The molecule has 0 spiro atoms. The zero-order chi connectivity index (χ0) is 23.0. The van der Waals surface area contributed by atoms with Gasteiger partial charge in [0.15, 0.2) is 5.82 Å². The van der Waals surface area contributed by atoms with E-state index in [1.54, 1.807) is 0 Å². The van der Waals surface area contributed by atoms with E-state index in [1.807, 2.05) is 18.2 Å². The van der Waals surface area contributed by atoms with E-state index >= 15 is 0 Å². The van der Waals surface area contributed by atoms with Crippen molar-refractivity contribution in [1.82, 2.24) is 19.8 Å². The van der Waals surface area contributed by atoms with E-state index in [0.717, 1.165) is 62.8 Å². The highest BCUT2D eigenvalue weighted by Crippen LogP contribution is 2.28. The number of anilines is 1. The molecule has 1 aromatic carbocycles. The second-order valence-corrected chi connectivity index (χ2v) is 9.16. The van der Waals surface area contributed by atoms with E-state index in [1.165, 1.54) is 48.3 Å². The minimum Gasteiger partial charge on any atom is -0.370 e. The maximum absolute atomic E-state index is 5.01. The SMILES string of the molecule is C=C/C=C(\C=C)CN1CCc2nc(-c3ccc(C)cc3)nc(NCCCN3CCCC3)c2C1. The monoisotopic (exact) mass is 443 g/mol. The summed E-state index contributed by atoms with van der Waals surface area (Å²) in [7, 11) is 0. The zero-order valence-corrected chi connectivity index (χ0v) is 20.0. The Kier molecular flexibility index (Phi) is 8.08. The van der Waals surface area contributed by atoms with Crippen LogP contribution < -0.4 is 5.32 Å². The lowest BCUT2D eigenvalue weighted by molar-refractivity contribution is 0.275. The van der Waals surface area contributed by atoms with Gasteiger partial charge in [0.2, 0.25) is 0 Å². The van der Waals surface area contributed by atoms with Gasteiger partial charge in [-0.15, -0.1) is 0 Å². The minimum absolute atomic E-state index is 0.822. The van der Waals surface area contributed by atoms with Crippen molar-refractivity contribution < 1.29 is 0 Å². The summed E-state index contributed by atoms with van der Waals surface area (Å²) in [6.07, 6.45) is 10.5. The van der Waals surface area contributed by atoms with Gasteiger partial charge in [0.05, 0.1) is 5.69 Å². The van der Waals surface area contributed by atoms with Crippen molar-refractivity contribution in [2.45, 2.75) is 39.2 Å². The molecule has 5 nitrogen and oxygen atoms in total. The maximum Gasteiger partial charge on any atom is 0.161 e. The number of nitrogens with one attached hydrogen (secondary N) is 1. The van der Waals surface area contributed by atoms with E-state index < -0.39 is 0 Å². The summed E-state index contributed by atoms with van der Waals surface area (Å²) < 4.78 is 0. The van der Waals surface area contributed by atoms with Crippen LogP contribution in [0.5, 0.6) is 0 Å². The molecule has 0 saturated carbocycles. The molecule has 1 aromatic heterocycles. The Morgan fingerprint density at radius 1 is 1.06 bits per heavy atom. The predicted octanol–water partition coefficient (Wildman–Crippen LogP) is 5.01. The van der Waals surface area contributed by atoms with Gasteiger partial charge in [-0.3, -0.25) is 4.90 Å². The molecular formula is C28H37N5. The van der Waals surface area contributed by atoms with Crippen molar-refractivity contribution in [1.29, 1.82) is 0 Å². The highest BCUT2D eigenvalue weighted by atomic mass is 15.2. The number of benzene rings is 1. The number of aryl methyl sites for hydroxylation is 1. The van der Waals surface area contributed by atoms with E-state index in [2.05, 4.69) is 59.5 Å². The second-order valence-electron chi connectivity index (χ2n) is 9.16.